The number of carbonyl (C=O) groups excluding carboxylic acids is 1. The van der Waals surface area contributed by atoms with Crippen molar-refractivity contribution in [3.8, 4) is 0 Å². The van der Waals surface area contributed by atoms with Crippen LogP contribution in [0.25, 0.3) is 0 Å². The van der Waals surface area contributed by atoms with Crippen LogP contribution in [0.5, 0.6) is 0 Å². The summed E-state index contributed by atoms with van der Waals surface area (Å²) >= 11 is 6.10. The van der Waals surface area contributed by atoms with E-state index in [0.29, 0.717) is 11.4 Å². The van der Waals surface area contributed by atoms with Gasteiger partial charge >= 0.3 is 0 Å². The van der Waals surface area contributed by atoms with Crippen LogP contribution in [-0.2, 0) is 0 Å². The maximum Gasteiger partial charge on any atom is 0.165 e. The highest BCUT2D eigenvalue weighted by Gasteiger charge is 2.17. The molecule has 0 aromatic heterocycles. The number of hydrogen-bond acceptors (Lipinski definition) is 2. The summed E-state index contributed by atoms with van der Waals surface area (Å²) in [4.78, 5) is 12.8. The monoisotopic (exact) mass is 363 g/mol. The van der Waals surface area contributed by atoms with Crippen LogP contribution in [0, 0.1) is 13.8 Å². The van der Waals surface area contributed by atoms with E-state index in [0.717, 1.165) is 22.4 Å². The molecule has 0 aliphatic carbocycles. The molecule has 0 saturated carbocycles. The fraction of sp³-hybridized carbons (Fsp3) is 0.174. The predicted molar refractivity (Wildman–Crippen MR) is 109 cm³/mol. The van der Waals surface area contributed by atoms with Gasteiger partial charge < -0.3 is 5.32 Å². The number of ketones is 1. The van der Waals surface area contributed by atoms with Crippen molar-refractivity contribution < 1.29 is 4.79 Å². The summed E-state index contributed by atoms with van der Waals surface area (Å²) in [7, 11) is 0. The summed E-state index contributed by atoms with van der Waals surface area (Å²) in [5.74, 6) is 0.116. The molecular formula is C23H22ClNO. The Kier molecular flexibility index (Phi) is 5.75. The maximum atomic E-state index is 12.8. The van der Waals surface area contributed by atoms with E-state index in [1.165, 1.54) is 5.56 Å². The topological polar surface area (TPSA) is 29.1 Å². The molecule has 26 heavy (non-hydrogen) atoms. The molecule has 3 rings (SSSR count). The number of hydrogen-bond donors (Lipinski definition) is 1. The van der Waals surface area contributed by atoms with E-state index in [2.05, 4.69) is 36.5 Å². The molecule has 3 aromatic carbocycles. The molecule has 0 radical (unpaired) electrons. The SMILES string of the molecule is Cc1ccc(C(=O)CC(Nc2cccc(Cl)c2)c2ccc(C)cc2)cc1. The van der Waals surface area contributed by atoms with Crippen molar-refractivity contribution in [2.24, 2.45) is 0 Å². The lowest BCUT2D eigenvalue weighted by Gasteiger charge is -2.20. The van der Waals surface area contributed by atoms with Crippen LogP contribution in [0.2, 0.25) is 5.02 Å². The Labute approximate surface area is 159 Å². The van der Waals surface area contributed by atoms with E-state index in [1.54, 1.807) is 0 Å². The second-order valence-corrected chi connectivity index (χ2v) is 7.05. The van der Waals surface area contributed by atoms with Gasteiger partial charge in [-0.25, -0.2) is 0 Å². The van der Waals surface area contributed by atoms with Gasteiger partial charge in [-0.15, -0.1) is 0 Å². The summed E-state index contributed by atoms with van der Waals surface area (Å²) in [6, 6.07) is 23.5. The minimum Gasteiger partial charge on any atom is -0.378 e. The first kappa shape index (κ1) is 18.2. The normalized spacial score (nSPS) is 11.8. The molecule has 0 saturated heterocycles. The maximum absolute atomic E-state index is 12.8. The first-order valence-electron chi connectivity index (χ1n) is 8.70. The molecule has 1 atom stereocenters. The third kappa shape index (κ3) is 4.74. The van der Waals surface area contributed by atoms with Gasteiger partial charge in [0.25, 0.3) is 0 Å². The number of nitrogens with one attached hydrogen (secondary N) is 1. The van der Waals surface area contributed by atoms with E-state index in [4.69, 9.17) is 11.6 Å². The number of benzene rings is 3. The molecule has 0 amide bonds. The van der Waals surface area contributed by atoms with Crippen LogP contribution in [-0.4, -0.2) is 5.78 Å². The minimum absolute atomic E-state index is 0.116. The second-order valence-electron chi connectivity index (χ2n) is 6.61. The lowest BCUT2D eigenvalue weighted by molar-refractivity contribution is 0.0976. The quantitative estimate of drug-likeness (QED) is 0.514. The van der Waals surface area contributed by atoms with Crippen molar-refractivity contribution in [3.63, 3.8) is 0 Å². The van der Waals surface area contributed by atoms with Crippen molar-refractivity contribution in [3.05, 3.63) is 100 Å². The molecule has 0 spiro atoms. The summed E-state index contributed by atoms with van der Waals surface area (Å²) < 4.78 is 0. The van der Waals surface area contributed by atoms with Crippen molar-refractivity contribution in [1.29, 1.82) is 0 Å². The van der Waals surface area contributed by atoms with Crippen molar-refractivity contribution in [2.75, 3.05) is 5.32 Å². The van der Waals surface area contributed by atoms with Crippen molar-refractivity contribution in [1.82, 2.24) is 0 Å². The Morgan fingerprint density at radius 1 is 0.923 bits per heavy atom. The van der Waals surface area contributed by atoms with Crippen LogP contribution >= 0.6 is 11.6 Å². The molecule has 2 nitrogen and oxygen atoms in total. The van der Waals surface area contributed by atoms with E-state index in [9.17, 15) is 4.79 Å². The summed E-state index contributed by atoms with van der Waals surface area (Å²) in [6.45, 7) is 4.07. The highest BCUT2D eigenvalue weighted by molar-refractivity contribution is 6.30. The van der Waals surface area contributed by atoms with Gasteiger partial charge in [-0.2, -0.15) is 0 Å². The van der Waals surface area contributed by atoms with E-state index in [-0.39, 0.29) is 11.8 Å². The molecule has 1 unspecified atom stereocenters. The van der Waals surface area contributed by atoms with Crippen LogP contribution in [0.3, 0.4) is 0 Å². The first-order valence-corrected chi connectivity index (χ1v) is 9.07. The number of carbonyl (C=O) groups is 1. The van der Waals surface area contributed by atoms with Gasteiger partial charge in [0.05, 0.1) is 6.04 Å². The van der Waals surface area contributed by atoms with Crippen LogP contribution in [0.1, 0.15) is 39.5 Å². The molecule has 3 aromatic rings. The third-order valence-electron chi connectivity index (χ3n) is 4.41. The second kappa shape index (κ2) is 8.20. The molecule has 132 valence electrons. The predicted octanol–water partition coefficient (Wildman–Crippen LogP) is 6.38. The minimum atomic E-state index is -0.122. The van der Waals surface area contributed by atoms with Crippen molar-refractivity contribution in [2.45, 2.75) is 26.3 Å². The van der Waals surface area contributed by atoms with E-state index < -0.39 is 0 Å². The van der Waals surface area contributed by atoms with Gasteiger partial charge in [-0.3, -0.25) is 4.79 Å². The highest BCUT2D eigenvalue weighted by Crippen LogP contribution is 2.26. The Hall–Kier alpha value is -2.58. The average molecular weight is 364 g/mol. The zero-order chi connectivity index (χ0) is 18.5. The fourth-order valence-electron chi connectivity index (χ4n) is 2.87. The molecule has 1 N–H and O–H groups in total. The summed E-state index contributed by atoms with van der Waals surface area (Å²) in [5.41, 5.74) is 5.06. The number of aryl methyl sites for hydroxylation is 2. The lowest BCUT2D eigenvalue weighted by atomic mass is 9.96. The van der Waals surface area contributed by atoms with Gasteiger partial charge in [0.2, 0.25) is 0 Å². The largest absolute Gasteiger partial charge is 0.378 e. The number of anilines is 1. The highest BCUT2D eigenvalue weighted by atomic mass is 35.5. The number of rotatable bonds is 6. The lowest BCUT2D eigenvalue weighted by Crippen LogP contribution is -2.16. The average Bonchev–Trinajstić information content (AvgIpc) is 2.62. The molecule has 0 fully saturated rings. The molecule has 0 aliphatic heterocycles. The fourth-order valence-corrected chi connectivity index (χ4v) is 3.06. The molecule has 0 heterocycles. The third-order valence-corrected chi connectivity index (χ3v) is 4.64. The van der Waals surface area contributed by atoms with E-state index in [1.807, 2.05) is 55.5 Å². The molecule has 3 heteroatoms. The zero-order valence-corrected chi connectivity index (χ0v) is 15.8. The van der Waals surface area contributed by atoms with Crippen LogP contribution in [0.15, 0.2) is 72.8 Å². The molecule has 0 aliphatic rings. The number of halogens is 1. The van der Waals surface area contributed by atoms with E-state index >= 15 is 0 Å². The van der Waals surface area contributed by atoms with Gasteiger partial charge in [-0.1, -0.05) is 77.3 Å². The Bertz CT molecular complexity index is 885. The van der Waals surface area contributed by atoms with Gasteiger partial charge in [0.1, 0.15) is 0 Å². The van der Waals surface area contributed by atoms with Crippen molar-refractivity contribution >= 4 is 23.1 Å². The standard InChI is InChI=1S/C23H22ClNO/c1-16-6-10-18(11-7-16)22(25-21-5-3-4-20(24)14-21)15-23(26)19-12-8-17(2)9-13-19/h3-14,22,25H,15H2,1-2H3. The summed E-state index contributed by atoms with van der Waals surface area (Å²) in [5, 5.41) is 4.13. The number of Topliss-reactive ketones (excluding diaryl/α,β-unsaturated/α-hetero) is 1. The zero-order valence-electron chi connectivity index (χ0n) is 15.0. The molecular weight excluding hydrogens is 342 g/mol. The van der Waals surface area contributed by atoms with Gasteiger partial charge in [-0.05, 0) is 37.6 Å². The molecule has 0 bridgehead atoms. The Morgan fingerprint density at radius 3 is 2.15 bits per heavy atom. The van der Waals surface area contributed by atoms with Crippen LogP contribution in [0.4, 0.5) is 5.69 Å². The Balaban J connectivity index is 1.85. The Morgan fingerprint density at radius 2 is 1.54 bits per heavy atom. The van der Waals surface area contributed by atoms with Gasteiger partial charge in [0, 0.05) is 22.7 Å². The smallest absolute Gasteiger partial charge is 0.165 e. The van der Waals surface area contributed by atoms with Gasteiger partial charge in [0.15, 0.2) is 5.78 Å². The summed E-state index contributed by atoms with van der Waals surface area (Å²) in [6.07, 6.45) is 0.374. The van der Waals surface area contributed by atoms with Crippen LogP contribution < -0.4 is 5.32 Å². The first-order chi connectivity index (χ1) is 12.5.